The zero-order chi connectivity index (χ0) is 28.2. The average molecular weight is 559 g/mol. The summed E-state index contributed by atoms with van der Waals surface area (Å²) < 4.78 is 94.6. The number of anilines is 2. The monoisotopic (exact) mass is 558 g/mol. The number of alkyl halides is 6. The van der Waals surface area contributed by atoms with Crippen LogP contribution in [0.4, 0.5) is 42.1 Å². The Morgan fingerprint density at radius 1 is 1.05 bits per heavy atom. The Balaban J connectivity index is 0.000000659. The number of likely N-dealkylation sites (N-methyl/N-ethyl adjacent to an activating group) is 1. The van der Waals surface area contributed by atoms with Crippen LogP contribution in [-0.2, 0) is 11.0 Å². The molecule has 37 heavy (non-hydrogen) atoms. The lowest BCUT2D eigenvalue weighted by Gasteiger charge is -2.26. The molecule has 1 N–H and O–H groups in total. The molecule has 208 valence electrons. The molecule has 2 aromatic rings. The molecule has 0 atom stereocenters. The van der Waals surface area contributed by atoms with Gasteiger partial charge >= 0.3 is 12.4 Å². The number of carbonyl (C=O) groups excluding carboxylic acids is 1. The van der Waals surface area contributed by atoms with E-state index in [0.29, 0.717) is 35.6 Å². The van der Waals surface area contributed by atoms with Gasteiger partial charge in [-0.1, -0.05) is 6.92 Å². The smallest absolute Gasteiger partial charge is 0.420 e. The van der Waals surface area contributed by atoms with E-state index in [1.165, 1.54) is 49.2 Å². The van der Waals surface area contributed by atoms with E-state index in [1.54, 1.807) is 4.90 Å². The van der Waals surface area contributed by atoms with Gasteiger partial charge in [-0.15, -0.1) is 0 Å². The van der Waals surface area contributed by atoms with Gasteiger partial charge < -0.3 is 19.5 Å². The highest BCUT2D eigenvalue weighted by molar-refractivity contribution is 7.97. The number of rotatable bonds is 6. The second-order valence-corrected chi connectivity index (χ2v) is 8.80. The number of aliphatic hydroxyl groups excluding tert-OH is 1. The Kier molecular flexibility index (Phi) is 13.2. The van der Waals surface area contributed by atoms with E-state index in [4.69, 9.17) is 9.84 Å². The number of nitrogens with zero attached hydrogens (tertiary/aromatic N) is 2. The summed E-state index contributed by atoms with van der Waals surface area (Å²) in [6, 6.07) is 8.04. The molecule has 0 saturated carbocycles. The topological polar surface area (TPSA) is 53.0 Å². The number of halogens is 7. The Bertz CT molecular complexity index is 971. The molecule has 0 aromatic heterocycles. The molecule has 0 fully saturated rings. The fourth-order valence-electron chi connectivity index (χ4n) is 3.14. The number of aldehydes is 1. The van der Waals surface area contributed by atoms with Crippen molar-refractivity contribution >= 4 is 29.6 Å². The highest BCUT2D eigenvalue weighted by Crippen LogP contribution is 2.46. The molecule has 0 aliphatic carbocycles. The van der Waals surface area contributed by atoms with Gasteiger partial charge in [0.25, 0.3) is 0 Å². The van der Waals surface area contributed by atoms with Crippen molar-refractivity contribution in [3.05, 3.63) is 47.8 Å². The lowest BCUT2D eigenvalue weighted by atomic mass is 10.1. The second kappa shape index (κ2) is 15.0. The molecule has 0 amide bonds. The maximum Gasteiger partial charge on any atom is 0.420 e. The summed E-state index contributed by atoms with van der Waals surface area (Å²) in [5.74, 6) is -0.727. The molecule has 1 aliphatic heterocycles. The normalized spacial score (nSPS) is 13.9. The van der Waals surface area contributed by atoms with Crippen LogP contribution in [0.5, 0.6) is 5.75 Å². The second-order valence-electron chi connectivity index (χ2n) is 7.55. The van der Waals surface area contributed by atoms with Gasteiger partial charge in [-0.05, 0) is 61.8 Å². The van der Waals surface area contributed by atoms with Crippen LogP contribution in [0.25, 0.3) is 0 Å². The third-order valence-corrected chi connectivity index (χ3v) is 5.73. The van der Waals surface area contributed by atoms with Crippen LogP contribution in [0, 0.1) is 5.82 Å². The lowest BCUT2D eigenvalue weighted by molar-refractivity contribution is -0.139. The van der Waals surface area contributed by atoms with Gasteiger partial charge in [0, 0.05) is 38.7 Å². The fraction of sp³-hybridized carbons (Fsp3) is 0.458. The summed E-state index contributed by atoms with van der Waals surface area (Å²) in [5.41, 5.74) is 0.0618. The van der Waals surface area contributed by atoms with Gasteiger partial charge in [0.1, 0.15) is 17.9 Å². The molecular formula is C24H29F7N2O3S. The molecule has 0 radical (unpaired) electrons. The van der Waals surface area contributed by atoms with Crippen molar-refractivity contribution < 1.29 is 45.4 Å². The van der Waals surface area contributed by atoms with Crippen molar-refractivity contribution in [1.82, 2.24) is 4.31 Å². The quantitative estimate of drug-likeness (QED) is 0.181. The molecule has 0 unspecified atom stereocenters. The predicted molar refractivity (Wildman–Crippen MR) is 129 cm³/mol. The van der Waals surface area contributed by atoms with Gasteiger partial charge in [0.2, 0.25) is 0 Å². The van der Waals surface area contributed by atoms with Gasteiger partial charge in [-0.3, -0.25) is 0 Å². The average Bonchev–Trinajstić information content (AvgIpc) is 2.97. The maximum atomic E-state index is 13.7. The molecule has 5 nitrogen and oxygen atoms in total. The zero-order valence-corrected chi connectivity index (χ0v) is 21.3. The van der Waals surface area contributed by atoms with E-state index >= 15 is 0 Å². The third kappa shape index (κ3) is 10.8. The van der Waals surface area contributed by atoms with Gasteiger partial charge in [0.05, 0.1) is 22.8 Å². The van der Waals surface area contributed by atoms with Crippen molar-refractivity contribution in [3.63, 3.8) is 0 Å². The van der Waals surface area contributed by atoms with Crippen molar-refractivity contribution in [2.24, 2.45) is 0 Å². The van der Waals surface area contributed by atoms with Crippen LogP contribution in [0.3, 0.4) is 0 Å². The van der Waals surface area contributed by atoms with Crippen LogP contribution in [-0.4, -0.2) is 55.7 Å². The summed E-state index contributed by atoms with van der Waals surface area (Å²) >= 11 is 1.31. The lowest BCUT2D eigenvalue weighted by Crippen LogP contribution is -2.24. The molecule has 1 heterocycles. The van der Waals surface area contributed by atoms with Crippen molar-refractivity contribution in [2.75, 3.05) is 38.8 Å². The first-order valence-corrected chi connectivity index (χ1v) is 11.9. The third-order valence-electron chi connectivity index (χ3n) is 4.72. The number of hydrogen-bond donors (Lipinski definition) is 1. The molecule has 0 saturated heterocycles. The van der Waals surface area contributed by atoms with E-state index < -0.39 is 30.2 Å². The minimum Gasteiger partial charge on any atom is -0.492 e. The Hall–Kier alpha value is -2.51. The number of hydrogen-bond acceptors (Lipinski definition) is 6. The van der Waals surface area contributed by atoms with Crippen molar-refractivity contribution in [2.45, 2.75) is 43.4 Å². The molecule has 3 rings (SSSR count). The molecule has 0 bridgehead atoms. The van der Waals surface area contributed by atoms with Gasteiger partial charge in [-0.25, -0.2) is 8.70 Å². The van der Waals surface area contributed by atoms with Gasteiger partial charge in [0.15, 0.2) is 0 Å². The predicted octanol–water partition coefficient (Wildman–Crippen LogP) is 6.86. The van der Waals surface area contributed by atoms with E-state index in [2.05, 4.69) is 0 Å². The SMILES string of the molecule is CCCC(F)(F)F.CN1CCN(c2ccc(F)cc2)c2cc(C(F)(F)F)c(OCCC=O)cc2S1.CO. The minimum atomic E-state index is -4.62. The summed E-state index contributed by atoms with van der Waals surface area (Å²) in [7, 11) is 2.84. The van der Waals surface area contributed by atoms with Crippen LogP contribution < -0.4 is 9.64 Å². The first kappa shape index (κ1) is 32.5. The summed E-state index contributed by atoms with van der Waals surface area (Å²) in [5, 5.41) is 7.00. The Morgan fingerprint density at radius 3 is 2.16 bits per heavy atom. The number of carbonyl (C=O) groups is 1. The highest BCUT2D eigenvalue weighted by atomic mass is 32.2. The summed E-state index contributed by atoms with van der Waals surface area (Å²) in [6.45, 7) is 2.39. The number of aliphatic hydroxyl groups is 1. The van der Waals surface area contributed by atoms with Gasteiger partial charge in [-0.2, -0.15) is 26.3 Å². The van der Waals surface area contributed by atoms with E-state index in [-0.39, 0.29) is 25.2 Å². The minimum absolute atomic E-state index is 0.00311. The fourth-order valence-corrected chi connectivity index (χ4v) is 4.07. The van der Waals surface area contributed by atoms with Crippen LogP contribution in [0.15, 0.2) is 41.3 Å². The first-order valence-electron chi connectivity index (χ1n) is 11.1. The highest BCUT2D eigenvalue weighted by Gasteiger charge is 2.37. The molecule has 2 aromatic carbocycles. The molecule has 13 heteroatoms. The number of ether oxygens (including phenoxy) is 1. The van der Waals surface area contributed by atoms with Crippen LogP contribution >= 0.6 is 11.9 Å². The maximum absolute atomic E-state index is 13.7. The first-order chi connectivity index (χ1) is 17.4. The van der Waals surface area contributed by atoms with Crippen molar-refractivity contribution in [3.8, 4) is 5.75 Å². The Morgan fingerprint density at radius 2 is 1.68 bits per heavy atom. The molecule has 0 spiro atoms. The van der Waals surface area contributed by atoms with E-state index in [0.717, 1.165) is 13.2 Å². The zero-order valence-electron chi connectivity index (χ0n) is 20.5. The molecule has 1 aliphatic rings. The standard InChI is InChI=1S/C19H18F4N2O2S.C4H7F3.CH4O/c1-24-7-8-25(14-5-3-13(20)4-6-14)16-11-15(19(21,22)23)17(12-18(16)28-24)27-10-2-9-26;1-2-3-4(5,6)7;1-2/h3-6,9,11-12H,2,7-8,10H2,1H3;2-3H2,1H3;2H,1H3. The van der Waals surface area contributed by atoms with E-state index in [9.17, 15) is 35.5 Å². The van der Waals surface area contributed by atoms with Crippen molar-refractivity contribution in [1.29, 1.82) is 0 Å². The largest absolute Gasteiger partial charge is 0.492 e. The Labute approximate surface area is 215 Å². The van der Waals surface area contributed by atoms with E-state index in [1.807, 2.05) is 11.4 Å². The van der Waals surface area contributed by atoms with Crippen LogP contribution in [0.1, 0.15) is 31.7 Å². The van der Waals surface area contributed by atoms with Crippen LogP contribution in [0.2, 0.25) is 0 Å². The summed E-state index contributed by atoms with van der Waals surface area (Å²) in [4.78, 5) is 12.8. The number of benzene rings is 2. The number of fused-ring (bicyclic) bond motifs is 1. The summed E-state index contributed by atoms with van der Waals surface area (Å²) in [6.07, 6.45) is -8.45. The molecular weight excluding hydrogens is 529 g/mol.